The average molecular weight is 181 g/mol. The lowest BCUT2D eigenvalue weighted by atomic mass is 9.85. The van der Waals surface area contributed by atoms with Gasteiger partial charge in [0.25, 0.3) is 0 Å². The summed E-state index contributed by atoms with van der Waals surface area (Å²) in [7, 11) is 0. The molecule has 0 spiro atoms. The minimum atomic E-state index is 0.0607. The third kappa shape index (κ3) is 5.71. The van der Waals surface area contributed by atoms with Crippen molar-refractivity contribution in [1.29, 1.82) is 0 Å². The minimum absolute atomic E-state index is 0.0607. The Labute approximate surface area is 83.3 Å². The molecule has 1 heteroatoms. The van der Waals surface area contributed by atoms with Gasteiger partial charge in [-0.25, -0.2) is 0 Å². The summed E-state index contributed by atoms with van der Waals surface area (Å²) in [4.78, 5) is 0. The van der Waals surface area contributed by atoms with Crippen LogP contribution in [0.25, 0.3) is 0 Å². The Morgan fingerprint density at radius 1 is 1.31 bits per heavy atom. The van der Waals surface area contributed by atoms with Crippen LogP contribution in [-0.2, 0) is 0 Å². The predicted octanol–water partition coefficient (Wildman–Crippen LogP) is 2.82. The number of hydrogen-bond acceptors (Lipinski definition) is 1. The number of nitrogens with one attached hydrogen (secondary N) is 1. The maximum Gasteiger partial charge on any atom is 0.0408 e. The first-order chi connectivity index (χ1) is 6.18. The van der Waals surface area contributed by atoms with E-state index >= 15 is 0 Å². The average Bonchev–Trinajstić information content (AvgIpc) is 2.15. The van der Waals surface area contributed by atoms with Crippen LogP contribution in [0, 0.1) is 17.8 Å². The van der Waals surface area contributed by atoms with Crippen LogP contribution in [0.3, 0.4) is 0 Å². The Bertz CT molecular complexity index is 157. The molecule has 1 nitrogen and oxygen atoms in total. The van der Waals surface area contributed by atoms with E-state index in [9.17, 15) is 0 Å². The van der Waals surface area contributed by atoms with E-state index in [4.69, 9.17) is 6.42 Å². The fourth-order valence-electron chi connectivity index (χ4n) is 1.38. The third-order valence-electron chi connectivity index (χ3n) is 2.45. The van der Waals surface area contributed by atoms with Crippen molar-refractivity contribution in [3.05, 3.63) is 0 Å². The molecule has 0 aromatic rings. The first-order valence-electron chi connectivity index (χ1n) is 5.37. The summed E-state index contributed by atoms with van der Waals surface area (Å²) in [6, 6.07) is 0. The monoisotopic (exact) mass is 181 g/mol. The van der Waals surface area contributed by atoms with E-state index in [1.807, 2.05) is 0 Å². The summed E-state index contributed by atoms with van der Waals surface area (Å²) in [5.41, 5.74) is 0.0607. The smallest absolute Gasteiger partial charge is 0.0408 e. The predicted molar refractivity (Wildman–Crippen MR) is 59.6 cm³/mol. The van der Waals surface area contributed by atoms with Crippen LogP contribution in [-0.4, -0.2) is 13.1 Å². The molecule has 0 aromatic heterocycles. The number of hydrogen-bond donors (Lipinski definition) is 1. The minimum Gasteiger partial charge on any atom is -0.316 e. The maximum absolute atomic E-state index is 5.54. The highest BCUT2D eigenvalue weighted by atomic mass is 14.9. The van der Waals surface area contributed by atoms with Gasteiger partial charge in [-0.05, 0) is 19.9 Å². The zero-order valence-corrected chi connectivity index (χ0v) is 9.32. The molecular weight excluding hydrogens is 158 g/mol. The Kier molecular flexibility index (Phi) is 6.72. The molecule has 1 N–H and O–H groups in total. The zero-order valence-electron chi connectivity index (χ0n) is 9.32. The highest BCUT2D eigenvalue weighted by Gasteiger charge is 2.19. The Balaban J connectivity index is 3.76. The molecule has 0 aliphatic heterocycles. The van der Waals surface area contributed by atoms with Gasteiger partial charge >= 0.3 is 0 Å². The molecule has 1 atom stereocenters. The fraction of sp³-hybridized carbons (Fsp3) is 0.833. The molecule has 0 aromatic carbocycles. The van der Waals surface area contributed by atoms with Crippen molar-refractivity contribution in [3.8, 4) is 12.3 Å². The third-order valence-corrected chi connectivity index (χ3v) is 2.45. The quantitative estimate of drug-likeness (QED) is 0.470. The van der Waals surface area contributed by atoms with Crippen LogP contribution in [0.5, 0.6) is 0 Å². The topological polar surface area (TPSA) is 12.0 Å². The first kappa shape index (κ1) is 12.5. The summed E-state index contributed by atoms with van der Waals surface area (Å²) in [6.07, 6.45) is 10.5. The molecule has 0 aliphatic carbocycles. The van der Waals surface area contributed by atoms with E-state index in [0.717, 1.165) is 19.5 Å². The maximum atomic E-state index is 5.54. The van der Waals surface area contributed by atoms with Crippen molar-refractivity contribution in [1.82, 2.24) is 5.32 Å². The van der Waals surface area contributed by atoms with Gasteiger partial charge in [0.1, 0.15) is 0 Å². The van der Waals surface area contributed by atoms with Gasteiger partial charge in [0.05, 0.1) is 0 Å². The lowest BCUT2D eigenvalue weighted by Gasteiger charge is -2.23. The van der Waals surface area contributed by atoms with E-state index in [1.54, 1.807) is 0 Å². The van der Waals surface area contributed by atoms with E-state index in [2.05, 4.69) is 32.0 Å². The van der Waals surface area contributed by atoms with Gasteiger partial charge in [-0.3, -0.25) is 0 Å². The van der Waals surface area contributed by atoms with Crippen molar-refractivity contribution in [2.45, 2.75) is 46.5 Å². The molecule has 0 radical (unpaired) electrons. The van der Waals surface area contributed by atoms with Gasteiger partial charge in [0, 0.05) is 12.0 Å². The van der Waals surface area contributed by atoms with Crippen molar-refractivity contribution in [2.75, 3.05) is 13.1 Å². The van der Waals surface area contributed by atoms with Crippen LogP contribution >= 0.6 is 0 Å². The highest BCUT2D eigenvalue weighted by Crippen LogP contribution is 2.22. The Hall–Kier alpha value is -0.480. The van der Waals surface area contributed by atoms with Crippen LogP contribution in [0.2, 0.25) is 0 Å². The molecule has 76 valence electrons. The fourth-order valence-corrected chi connectivity index (χ4v) is 1.38. The van der Waals surface area contributed by atoms with Crippen molar-refractivity contribution >= 4 is 0 Å². The summed E-state index contributed by atoms with van der Waals surface area (Å²) in [5.74, 6) is 2.91. The lowest BCUT2D eigenvalue weighted by molar-refractivity contribution is 0.368. The van der Waals surface area contributed by atoms with Gasteiger partial charge in [-0.15, -0.1) is 6.42 Å². The van der Waals surface area contributed by atoms with Gasteiger partial charge < -0.3 is 5.32 Å². The molecule has 0 rings (SSSR count). The van der Waals surface area contributed by atoms with Gasteiger partial charge in [0.15, 0.2) is 0 Å². The lowest BCUT2D eigenvalue weighted by Crippen LogP contribution is -2.30. The second kappa shape index (κ2) is 6.97. The second-order valence-electron chi connectivity index (χ2n) is 3.94. The van der Waals surface area contributed by atoms with Gasteiger partial charge in [0.2, 0.25) is 0 Å². The van der Waals surface area contributed by atoms with Crippen LogP contribution in [0.1, 0.15) is 46.5 Å². The molecule has 13 heavy (non-hydrogen) atoms. The summed E-state index contributed by atoms with van der Waals surface area (Å²) < 4.78 is 0. The largest absolute Gasteiger partial charge is 0.316 e. The van der Waals surface area contributed by atoms with E-state index in [1.165, 1.54) is 19.3 Å². The molecule has 0 saturated carbocycles. The Morgan fingerprint density at radius 2 is 2.00 bits per heavy atom. The SMILES string of the molecule is C#CC(C)(CCCCC)CNCC. The summed E-state index contributed by atoms with van der Waals surface area (Å²) in [5, 5.41) is 3.32. The van der Waals surface area contributed by atoms with E-state index in [0.29, 0.717) is 0 Å². The first-order valence-corrected chi connectivity index (χ1v) is 5.37. The molecule has 1 unspecified atom stereocenters. The highest BCUT2D eigenvalue weighted by molar-refractivity contribution is 5.04. The van der Waals surface area contributed by atoms with Crippen LogP contribution < -0.4 is 5.32 Å². The zero-order chi connectivity index (χ0) is 10.2. The van der Waals surface area contributed by atoms with Crippen LogP contribution in [0.4, 0.5) is 0 Å². The molecule has 0 fully saturated rings. The van der Waals surface area contributed by atoms with Gasteiger partial charge in [-0.2, -0.15) is 0 Å². The molecule has 0 amide bonds. The van der Waals surface area contributed by atoms with E-state index < -0.39 is 0 Å². The summed E-state index contributed by atoms with van der Waals surface area (Å²) in [6.45, 7) is 8.46. The van der Waals surface area contributed by atoms with Crippen LogP contribution in [0.15, 0.2) is 0 Å². The van der Waals surface area contributed by atoms with Gasteiger partial charge in [-0.1, -0.05) is 39.0 Å². The second-order valence-corrected chi connectivity index (χ2v) is 3.94. The van der Waals surface area contributed by atoms with Crippen molar-refractivity contribution < 1.29 is 0 Å². The number of unbranched alkanes of at least 4 members (excludes halogenated alkanes) is 2. The Morgan fingerprint density at radius 3 is 2.46 bits per heavy atom. The van der Waals surface area contributed by atoms with E-state index in [-0.39, 0.29) is 5.41 Å². The molecule has 0 aliphatic rings. The molecule has 0 bridgehead atoms. The van der Waals surface area contributed by atoms with Crippen molar-refractivity contribution in [2.24, 2.45) is 5.41 Å². The summed E-state index contributed by atoms with van der Waals surface area (Å²) >= 11 is 0. The molecule has 0 heterocycles. The standard InChI is InChI=1S/C12H23N/c1-5-8-9-10-12(4,6-2)11-13-7-3/h2,13H,5,7-11H2,1,3-4H3. The normalized spacial score (nSPS) is 14.9. The number of rotatable bonds is 7. The number of terminal acetylenes is 1. The van der Waals surface area contributed by atoms with Crippen molar-refractivity contribution in [3.63, 3.8) is 0 Å². The molecular formula is C12H23N. The molecule has 0 saturated heterocycles.